The smallest absolute Gasteiger partial charge is 0.306 e. The van der Waals surface area contributed by atoms with E-state index in [9.17, 15) is 37.9 Å². The molecule has 12 nitrogen and oxygen atoms in total. The van der Waals surface area contributed by atoms with Gasteiger partial charge in [0.15, 0.2) is 12.4 Å². The molecule has 4 N–H and O–H groups in total. The standard InChI is InChI=1S/C53H94O12S/c1-3-5-7-9-11-13-15-17-19-21-23-25-27-29-31-33-35-37-39-41-48(54)62-43-46(44-63-53-52(58)51(57)50(56)47(65-53)45-66(59,60)61)64-49(55)42-40-38-36-34-32-30-28-26-24-22-20-18-16-14-12-10-8-6-4-2/h6,8,12,14,18,20,24,26,46-47,50-53,56-58H,3-5,7,9-11,13,15-17,19,21-23,25,27-45H2,1-2H3,(H,59,60,61)/b8-6-,14-12-,20-18-,26-24-. The van der Waals surface area contributed by atoms with E-state index in [-0.39, 0.29) is 19.4 Å². The molecule has 13 heteroatoms. The van der Waals surface area contributed by atoms with E-state index < -0.39 is 71.2 Å². The molecular weight excluding hydrogens is 861 g/mol. The lowest BCUT2D eigenvalue weighted by Gasteiger charge is -2.40. The minimum absolute atomic E-state index is 0.148. The maximum Gasteiger partial charge on any atom is 0.306 e. The number of carbonyl (C=O) groups is 2. The van der Waals surface area contributed by atoms with E-state index in [0.29, 0.717) is 12.8 Å². The average Bonchev–Trinajstić information content (AvgIpc) is 3.28. The third kappa shape index (κ3) is 36.6. The second-order valence-corrected chi connectivity index (χ2v) is 19.7. The van der Waals surface area contributed by atoms with Crippen LogP contribution in [0.5, 0.6) is 0 Å². The highest BCUT2D eigenvalue weighted by Crippen LogP contribution is 2.24. The van der Waals surface area contributed by atoms with Crippen molar-refractivity contribution >= 4 is 22.1 Å². The molecule has 0 spiro atoms. The van der Waals surface area contributed by atoms with Crippen molar-refractivity contribution in [2.45, 2.75) is 256 Å². The van der Waals surface area contributed by atoms with Crippen LogP contribution in [-0.2, 0) is 38.7 Å². The third-order valence-corrected chi connectivity index (χ3v) is 12.7. The van der Waals surface area contributed by atoms with Crippen LogP contribution in [0.2, 0.25) is 0 Å². The van der Waals surface area contributed by atoms with Crippen molar-refractivity contribution in [2.24, 2.45) is 0 Å². The summed E-state index contributed by atoms with van der Waals surface area (Å²) in [6, 6.07) is 0. The third-order valence-electron chi connectivity index (χ3n) is 11.9. The molecule has 0 aliphatic carbocycles. The van der Waals surface area contributed by atoms with Gasteiger partial charge in [0.1, 0.15) is 36.8 Å². The lowest BCUT2D eigenvalue weighted by molar-refractivity contribution is -0.297. The molecule has 1 rings (SSSR count). The van der Waals surface area contributed by atoms with Crippen LogP contribution in [-0.4, -0.2) is 96.0 Å². The first kappa shape index (κ1) is 61.6. The molecule has 0 saturated carbocycles. The van der Waals surface area contributed by atoms with Crippen LogP contribution < -0.4 is 0 Å². The number of aliphatic hydroxyl groups excluding tert-OH is 3. The summed E-state index contributed by atoms with van der Waals surface area (Å²) >= 11 is 0. The molecular formula is C53H94O12S. The van der Waals surface area contributed by atoms with Crippen molar-refractivity contribution in [3.05, 3.63) is 48.6 Å². The van der Waals surface area contributed by atoms with E-state index >= 15 is 0 Å². The van der Waals surface area contributed by atoms with Gasteiger partial charge in [-0.1, -0.05) is 204 Å². The van der Waals surface area contributed by atoms with Crippen molar-refractivity contribution < 1.29 is 56.8 Å². The number of hydrogen-bond acceptors (Lipinski definition) is 11. The van der Waals surface area contributed by atoms with Crippen LogP contribution in [0.1, 0.15) is 219 Å². The van der Waals surface area contributed by atoms with Gasteiger partial charge in [0.25, 0.3) is 10.1 Å². The number of allylic oxidation sites excluding steroid dienone is 8. The minimum atomic E-state index is -4.61. The van der Waals surface area contributed by atoms with Gasteiger partial charge in [-0.25, -0.2) is 0 Å². The molecule has 1 aliphatic rings. The van der Waals surface area contributed by atoms with Gasteiger partial charge in [-0.3, -0.25) is 14.1 Å². The molecule has 1 heterocycles. The van der Waals surface area contributed by atoms with Gasteiger partial charge in [0.05, 0.1) is 6.61 Å². The van der Waals surface area contributed by atoms with E-state index in [1.54, 1.807) is 0 Å². The van der Waals surface area contributed by atoms with Crippen LogP contribution in [0, 0.1) is 0 Å². The Bertz CT molecular complexity index is 1400. The highest BCUT2D eigenvalue weighted by molar-refractivity contribution is 7.85. The van der Waals surface area contributed by atoms with E-state index in [2.05, 4.69) is 62.5 Å². The molecule has 0 bridgehead atoms. The molecule has 0 aromatic carbocycles. The number of hydrogen-bond donors (Lipinski definition) is 4. The van der Waals surface area contributed by atoms with Gasteiger partial charge in [0.2, 0.25) is 0 Å². The Morgan fingerprint density at radius 3 is 1.42 bits per heavy atom. The number of aliphatic hydroxyl groups is 3. The predicted octanol–water partition coefficient (Wildman–Crippen LogP) is 11.9. The molecule has 66 heavy (non-hydrogen) atoms. The second kappa shape index (κ2) is 42.7. The summed E-state index contributed by atoms with van der Waals surface area (Å²) in [6.07, 6.45) is 42.9. The lowest BCUT2D eigenvalue weighted by Crippen LogP contribution is -2.60. The van der Waals surface area contributed by atoms with Gasteiger partial charge in [-0.15, -0.1) is 0 Å². The average molecular weight is 955 g/mol. The summed E-state index contributed by atoms with van der Waals surface area (Å²) in [4.78, 5) is 25.5. The van der Waals surface area contributed by atoms with Crippen LogP contribution in [0.25, 0.3) is 0 Å². The normalized spacial score (nSPS) is 19.8. The predicted molar refractivity (Wildman–Crippen MR) is 266 cm³/mol. The summed E-state index contributed by atoms with van der Waals surface area (Å²) in [6.45, 7) is 3.67. The van der Waals surface area contributed by atoms with Crippen molar-refractivity contribution in [1.82, 2.24) is 0 Å². The zero-order valence-electron chi connectivity index (χ0n) is 41.3. The lowest BCUT2D eigenvalue weighted by atomic mass is 10.00. The molecule has 1 fully saturated rings. The summed E-state index contributed by atoms with van der Waals surface area (Å²) in [5, 5.41) is 31.0. The SMILES string of the molecule is CC/C=C\C/C=C\C/C=C\C/C=C\CCCCCCCCC(=O)OC(COC(=O)CCCCCCCCCCCCCCCCCCCCC)COC1OC(CS(=O)(=O)O)C(O)C(O)C1O. The zero-order valence-corrected chi connectivity index (χ0v) is 42.1. The first-order valence-corrected chi connectivity index (χ1v) is 27.8. The summed E-state index contributed by atoms with van der Waals surface area (Å²) in [5.41, 5.74) is 0. The molecule has 0 aromatic heterocycles. The van der Waals surface area contributed by atoms with Gasteiger partial charge in [-0.2, -0.15) is 8.42 Å². The monoisotopic (exact) mass is 955 g/mol. The molecule has 0 radical (unpaired) electrons. The van der Waals surface area contributed by atoms with Crippen LogP contribution in [0.4, 0.5) is 0 Å². The number of carbonyl (C=O) groups excluding carboxylic acids is 2. The number of ether oxygens (including phenoxy) is 4. The van der Waals surface area contributed by atoms with Gasteiger partial charge < -0.3 is 34.3 Å². The Balaban J connectivity index is 2.37. The first-order chi connectivity index (χ1) is 32.0. The fraction of sp³-hybridized carbons (Fsp3) is 0.811. The Kier molecular flexibility index (Phi) is 39.9. The van der Waals surface area contributed by atoms with E-state index in [1.165, 1.54) is 96.3 Å². The first-order valence-electron chi connectivity index (χ1n) is 26.2. The maximum absolute atomic E-state index is 12.9. The van der Waals surface area contributed by atoms with Gasteiger partial charge in [0, 0.05) is 12.8 Å². The molecule has 0 aromatic rings. The molecule has 6 atom stereocenters. The van der Waals surface area contributed by atoms with Crippen LogP contribution >= 0.6 is 0 Å². The highest BCUT2D eigenvalue weighted by Gasteiger charge is 2.46. The fourth-order valence-electron chi connectivity index (χ4n) is 7.90. The topological polar surface area (TPSA) is 186 Å². The van der Waals surface area contributed by atoms with E-state index in [1.807, 2.05) is 0 Å². The number of esters is 2. The number of rotatable bonds is 44. The van der Waals surface area contributed by atoms with Crippen LogP contribution in [0.15, 0.2) is 48.6 Å². The summed E-state index contributed by atoms with van der Waals surface area (Å²) in [5.74, 6) is -1.99. The van der Waals surface area contributed by atoms with Gasteiger partial charge >= 0.3 is 11.9 Å². The number of unbranched alkanes of at least 4 members (excludes halogenated alkanes) is 24. The molecule has 1 saturated heterocycles. The van der Waals surface area contributed by atoms with Gasteiger partial charge in [-0.05, 0) is 51.4 Å². The summed E-state index contributed by atoms with van der Waals surface area (Å²) < 4.78 is 54.3. The summed E-state index contributed by atoms with van der Waals surface area (Å²) in [7, 11) is -4.61. The second-order valence-electron chi connectivity index (χ2n) is 18.2. The Labute approximate surface area is 401 Å². The Morgan fingerprint density at radius 1 is 0.530 bits per heavy atom. The van der Waals surface area contributed by atoms with Crippen molar-refractivity contribution in [1.29, 1.82) is 0 Å². The Hall–Kier alpha value is -2.39. The largest absolute Gasteiger partial charge is 0.462 e. The highest BCUT2D eigenvalue weighted by atomic mass is 32.2. The molecule has 384 valence electrons. The fourth-order valence-corrected chi connectivity index (χ4v) is 8.60. The molecule has 0 amide bonds. The quantitative estimate of drug-likeness (QED) is 0.0196. The maximum atomic E-state index is 12.9. The van der Waals surface area contributed by atoms with Crippen LogP contribution in [0.3, 0.4) is 0 Å². The Morgan fingerprint density at radius 2 is 0.955 bits per heavy atom. The van der Waals surface area contributed by atoms with E-state index in [0.717, 1.165) is 83.5 Å². The minimum Gasteiger partial charge on any atom is -0.462 e. The van der Waals surface area contributed by atoms with Crippen molar-refractivity contribution in [3.8, 4) is 0 Å². The molecule has 6 unspecified atom stereocenters. The molecule has 1 aliphatic heterocycles. The van der Waals surface area contributed by atoms with Crippen molar-refractivity contribution in [3.63, 3.8) is 0 Å². The van der Waals surface area contributed by atoms with Crippen molar-refractivity contribution in [2.75, 3.05) is 19.0 Å². The van der Waals surface area contributed by atoms with E-state index in [4.69, 9.17) is 18.9 Å². The zero-order chi connectivity index (χ0) is 48.4.